The summed E-state index contributed by atoms with van der Waals surface area (Å²) >= 11 is 1.61. The highest BCUT2D eigenvalue weighted by molar-refractivity contribution is 7.17. The van der Waals surface area contributed by atoms with Crippen molar-refractivity contribution < 1.29 is 9.53 Å². The van der Waals surface area contributed by atoms with Gasteiger partial charge < -0.3 is 15.4 Å². The second-order valence-electron chi connectivity index (χ2n) is 8.37. The van der Waals surface area contributed by atoms with Gasteiger partial charge in [0.15, 0.2) is 5.82 Å². The van der Waals surface area contributed by atoms with E-state index in [-0.39, 0.29) is 17.9 Å². The van der Waals surface area contributed by atoms with Crippen LogP contribution in [0, 0.1) is 5.92 Å². The lowest BCUT2D eigenvalue weighted by molar-refractivity contribution is -0.117. The molecule has 0 radical (unpaired) electrons. The quantitative estimate of drug-likeness (QED) is 0.337. The van der Waals surface area contributed by atoms with Crippen LogP contribution < -0.4 is 10.6 Å². The fourth-order valence-corrected chi connectivity index (χ4v) is 4.81. The van der Waals surface area contributed by atoms with Crippen molar-refractivity contribution in [3.05, 3.63) is 71.4 Å². The summed E-state index contributed by atoms with van der Waals surface area (Å²) in [6.07, 6.45) is 1.99. The van der Waals surface area contributed by atoms with E-state index in [1.165, 1.54) is 0 Å². The first-order valence-electron chi connectivity index (χ1n) is 11.1. The van der Waals surface area contributed by atoms with Crippen LogP contribution in [0.25, 0.3) is 21.3 Å². The number of benzene rings is 2. The number of rotatable bonds is 8. The van der Waals surface area contributed by atoms with Crippen molar-refractivity contribution in [1.82, 2.24) is 9.97 Å². The Labute approximate surface area is 197 Å². The molecule has 0 aliphatic heterocycles. The Bertz CT molecular complexity index is 1270. The third kappa shape index (κ3) is 4.74. The van der Waals surface area contributed by atoms with Crippen LogP contribution in [0.15, 0.2) is 60.0 Å². The summed E-state index contributed by atoms with van der Waals surface area (Å²) in [6, 6.07) is 18.3. The van der Waals surface area contributed by atoms with E-state index < -0.39 is 0 Å². The van der Waals surface area contributed by atoms with Crippen LogP contribution in [-0.4, -0.2) is 23.0 Å². The molecule has 2 heterocycles. The van der Waals surface area contributed by atoms with Gasteiger partial charge in [-0.2, -0.15) is 0 Å². The van der Waals surface area contributed by atoms with Crippen molar-refractivity contribution in [2.45, 2.75) is 32.4 Å². The average molecular weight is 459 g/mol. The molecule has 2 aromatic heterocycles. The highest BCUT2D eigenvalue weighted by Gasteiger charge is 2.29. The van der Waals surface area contributed by atoms with E-state index in [9.17, 15) is 4.79 Å². The normalized spacial score (nSPS) is 14.2. The van der Waals surface area contributed by atoms with Gasteiger partial charge in [0.05, 0.1) is 5.39 Å². The maximum absolute atomic E-state index is 12.0. The number of amides is 1. The minimum atomic E-state index is 0.00945. The summed E-state index contributed by atoms with van der Waals surface area (Å²) in [7, 11) is 1.65. The molecule has 0 saturated heterocycles. The number of aromatic nitrogens is 2. The van der Waals surface area contributed by atoms with E-state index in [1.54, 1.807) is 18.4 Å². The van der Waals surface area contributed by atoms with Crippen LogP contribution in [0.3, 0.4) is 0 Å². The Balaban J connectivity index is 1.44. The van der Waals surface area contributed by atoms with E-state index in [0.29, 0.717) is 12.4 Å². The van der Waals surface area contributed by atoms with Gasteiger partial charge in [-0.3, -0.25) is 4.79 Å². The number of nitrogens with zero attached hydrogens (tertiary/aromatic N) is 2. The SMILES string of the molecule is COCc1nc(NC(C)c2ccc(NC(=O)C3CC3)cc2)c2c(-c3ccccc3)csc2n1. The van der Waals surface area contributed by atoms with Crippen molar-refractivity contribution >= 4 is 39.0 Å². The van der Waals surface area contributed by atoms with Gasteiger partial charge in [-0.05, 0) is 43.0 Å². The van der Waals surface area contributed by atoms with E-state index in [0.717, 1.165) is 51.3 Å². The first kappa shape index (κ1) is 21.6. The Morgan fingerprint density at radius 3 is 2.58 bits per heavy atom. The number of carbonyl (C=O) groups is 1. The van der Waals surface area contributed by atoms with Crippen LogP contribution in [0.2, 0.25) is 0 Å². The van der Waals surface area contributed by atoms with E-state index >= 15 is 0 Å². The molecule has 1 fully saturated rings. The Morgan fingerprint density at radius 1 is 1.12 bits per heavy atom. The minimum absolute atomic E-state index is 0.00945. The summed E-state index contributed by atoms with van der Waals surface area (Å²) in [6.45, 7) is 2.46. The number of carbonyl (C=O) groups excluding carboxylic acids is 1. The molecule has 1 unspecified atom stereocenters. The molecule has 7 heteroatoms. The van der Waals surface area contributed by atoms with Crippen molar-refractivity contribution in [3.63, 3.8) is 0 Å². The molecule has 5 rings (SSSR count). The molecule has 2 aromatic carbocycles. The molecule has 1 atom stereocenters. The Morgan fingerprint density at radius 2 is 1.88 bits per heavy atom. The number of nitrogens with one attached hydrogen (secondary N) is 2. The smallest absolute Gasteiger partial charge is 0.227 e. The largest absolute Gasteiger partial charge is 0.377 e. The Kier molecular flexibility index (Phi) is 6.07. The Hall–Kier alpha value is -3.29. The summed E-state index contributed by atoms with van der Waals surface area (Å²) in [5, 5.41) is 9.75. The predicted octanol–water partition coefficient (Wildman–Crippen LogP) is 6.03. The topological polar surface area (TPSA) is 76.1 Å². The molecule has 1 saturated carbocycles. The summed E-state index contributed by atoms with van der Waals surface area (Å²) in [4.78, 5) is 22.5. The van der Waals surface area contributed by atoms with E-state index in [2.05, 4.69) is 35.1 Å². The lowest BCUT2D eigenvalue weighted by Gasteiger charge is -2.17. The maximum Gasteiger partial charge on any atom is 0.227 e. The molecule has 0 bridgehead atoms. The second kappa shape index (κ2) is 9.29. The highest BCUT2D eigenvalue weighted by atomic mass is 32.1. The molecular formula is C26H26N4O2S. The fourth-order valence-electron chi connectivity index (χ4n) is 3.85. The first-order chi connectivity index (χ1) is 16.1. The minimum Gasteiger partial charge on any atom is -0.377 e. The molecule has 4 aromatic rings. The van der Waals surface area contributed by atoms with Crippen LogP contribution in [0.5, 0.6) is 0 Å². The monoisotopic (exact) mass is 458 g/mol. The fraction of sp³-hybridized carbons (Fsp3) is 0.269. The van der Waals surface area contributed by atoms with Gasteiger partial charge in [-0.15, -0.1) is 11.3 Å². The number of hydrogen-bond donors (Lipinski definition) is 2. The summed E-state index contributed by atoms with van der Waals surface area (Å²) in [5.41, 5.74) is 4.19. The average Bonchev–Trinajstić information content (AvgIpc) is 3.60. The van der Waals surface area contributed by atoms with Crippen LogP contribution in [-0.2, 0) is 16.1 Å². The molecular weight excluding hydrogens is 432 g/mol. The first-order valence-corrected chi connectivity index (χ1v) is 12.0. The lowest BCUT2D eigenvalue weighted by Crippen LogP contribution is -2.13. The number of anilines is 2. The highest BCUT2D eigenvalue weighted by Crippen LogP contribution is 2.38. The third-order valence-electron chi connectivity index (χ3n) is 5.82. The van der Waals surface area contributed by atoms with Crippen molar-refractivity contribution in [2.24, 2.45) is 5.92 Å². The number of thiophene rings is 1. The second-order valence-corrected chi connectivity index (χ2v) is 9.23. The van der Waals surface area contributed by atoms with Gasteiger partial charge in [0, 0.05) is 35.7 Å². The predicted molar refractivity (Wildman–Crippen MR) is 133 cm³/mol. The third-order valence-corrected chi connectivity index (χ3v) is 6.69. The number of hydrogen-bond acceptors (Lipinski definition) is 6. The van der Waals surface area contributed by atoms with Gasteiger partial charge in [-0.1, -0.05) is 42.5 Å². The van der Waals surface area contributed by atoms with Gasteiger partial charge in [0.2, 0.25) is 5.91 Å². The maximum atomic E-state index is 12.0. The van der Waals surface area contributed by atoms with Gasteiger partial charge in [0.25, 0.3) is 0 Å². The zero-order valence-electron chi connectivity index (χ0n) is 18.7. The molecule has 33 heavy (non-hydrogen) atoms. The van der Waals surface area contributed by atoms with E-state index in [1.807, 2.05) is 42.5 Å². The van der Waals surface area contributed by atoms with Gasteiger partial charge in [-0.25, -0.2) is 9.97 Å². The molecule has 1 aliphatic rings. The van der Waals surface area contributed by atoms with E-state index in [4.69, 9.17) is 14.7 Å². The lowest BCUT2D eigenvalue weighted by atomic mass is 10.0. The van der Waals surface area contributed by atoms with Crippen molar-refractivity contribution in [3.8, 4) is 11.1 Å². The number of methoxy groups -OCH3 is 1. The molecule has 1 amide bonds. The zero-order chi connectivity index (χ0) is 22.8. The molecule has 6 nitrogen and oxygen atoms in total. The molecule has 2 N–H and O–H groups in total. The van der Waals surface area contributed by atoms with Crippen LogP contribution in [0.1, 0.15) is 37.2 Å². The zero-order valence-corrected chi connectivity index (χ0v) is 19.5. The van der Waals surface area contributed by atoms with Crippen LogP contribution in [0.4, 0.5) is 11.5 Å². The summed E-state index contributed by atoms with van der Waals surface area (Å²) in [5.74, 6) is 1.76. The standard InChI is InChI=1S/C26H26N4O2S/c1-16(17-10-12-20(13-11-17)28-25(31)19-8-9-19)27-24-23-21(18-6-4-3-5-7-18)15-33-26(23)30-22(29-24)14-32-2/h3-7,10-13,15-16,19H,8-9,14H2,1-2H3,(H,28,31)(H,27,29,30). The molecule has 0 spiro atoms. The number of fused-ring (bicyclic) bond motifs is 1. The van der Waals surface area contributed by atoms with Gasteiger partial charge >= 0.3 is 0 Å². The number of ether oxygens (including phenoxy) is 1. The summed E-state index contributed by atoms with van der Waals surface area (Å²) < 4.78 is 5.30. The van der Waals surface area contributed by atoms with Crippen molar-refractivity contribution in [1.29, 1.82) is 0 Å². The van der Waals surface area contributed by atoms with Crippen LogP contribution >= 0.6 is 11.3 Å². The van der Waals surface area contributed by atoms with Gasteiger partial charge in [0.1, 0.15) is 17.3 Å². The van der Waals surface area contributed by atoms with Crippen molar-refractivity contribution in [2.75, 3.05) is 17.7 Å². The molecule has 168 valence electrons. The molecule has 1 aliphatic carbocycles.